The first-order chi connectivity index (χ1) is 11.7. The highest BCUT2D eigenvalue weighted by molar-refractivity contribution is 5.43. The molecule has 0 saturated carbocycles. The second kappa shape index (κ2) is 9.90. The molecule has 2 rings (SSSR count). The van der Waals surface area contributed by atoms with Gasteiger partial charge in [-0.1, -0.05) is 13.0 Å². The average Bonchev–Trinajstić information content (AvgIpc) is 2.64. The molecular formula is C19H27N3O2. The Labute approximate surface area is 144 Å². The van der Waals surface area contributed by atoms with Gasteiger partial charge in [0.15, 0.2) is 11.5 Å². The molecule has 2 aromatic rings. The molecule has 1 N–H and O–H groups in total. The molecule has 0 radical (unpaired) electrons. The van der Waals surface area contributed by atoms with Gasteiger partial charge in [0.25, 0.3) is 0 Å². The zero-order chi connectivity index (χ0) is 17.2. The molecule has 0 bridgehead atoms. The summed E-state index contributed by atoms with van der Waals surface area (Å²) >= 11 is 0. The summed E-state index contributed by atoms with van der Waals surface area (Å²) in [4.78, 5) is 6.29. The number of rotatable bonds is 10. The maximum atomic E-state index is 5.86. The SMILES string of the molecule is CCN(C)CCNCc1ccc(OCc2ccncc2)c(OC)c1. The lowest BCUT2D eigenvalue weighted by atomic mass is 10.2. The number of likely N-dealkylation sites (N-methyl/N-ethyl adjacent to an activating group) is 1. The Balaban J connectivity index is 1.87. The van der Waals surface area contributed by atoms with Crippen LogP contribution < -0.4 is 14.8 Å². The van der Waals surface area contributed by atoms with Crippen LogP contribution in [0.3, 0.4) is 0 Å². The third-order valence-corrected chi connectivity index (χ3v) is 3.91. The Morgan fingerprint density at radius 2 is 1.88 bits per heavy atom. The zero-order valence-corrected chi connectivity index (χ0v) is 14.8. The van der Waals surface area contributed by atoms with E-state index in [4.69, 9.17) is 9.47 Å². The Morgan fingerprint density at radius 3 is 2.58 bits per heavy atom. The van der Waals surface area contributed by atoms with E-state index in [1.165, 1.54) is 5.56 Å². The second-order valence-corrected chi connectivity index (χ2v) is 5.70. The van der Waals surface area contributed by atoms with Crippen molar-refractivity contribution in [2.75, 3.05) is 33.8 Å². The van der Waals surface area contributed by atoms with Gasteiger partial charge >= 0.3 is 0 Å². The Kier molecular flexibility index (Phi) is 7.52. The standard InChI is InChI=1S/C19H27N3O2/c1-4-22(2)12-11-21-14-17-5-6-18(19(13-17)23-3)24-15-16-7-9-20-10-8-16/h5-10,13,21H,4,11-12,14-15H2,1-3H3. The van der Waals surface area contributed by atoms with Crippen molar-refractivity contribution >= 4 is 0 Å². The lowest BCUT2D eigenvalue weighted by Gasteiger charge is -2.15. The van der Waals surface area contributed by atoms with Crippen molar-refractivity contribution in [1.29, 1.82) is 0 Å². The van der Waals surface area contributed by atoms with E-state index in [0.29, 0.717) is 6.61 Å². The molecule has 1 heterocycles. The van der Waals surface area contributed by atoms with E-state index in [-0.39, 0.29) is 0 Å². The van der Waals surface area contributed by atoms with Crippen LogP contribution in [0.4, 0.5) is 0 Å². The number of hydrogen-bond acceptors (Lipinski definition) is 5. The molecule has 0 aliphatic rings. The minimum absolute atomic E-state index is 0.500. The summed E-state index contributed by atoms with van der Waals surface area (Å²) in [5.74, 6) is 1.51. The molecule has 5 heteroatoms. The summed E-state index contributed by atoms with van der Waals surface area (Å²) in [5, 5.41) is 3.45. The number of benzene rings is 1. The minimum Gasteiger partial charge on any atom is -0.493 e. The largest absolute Gasteiger partial charge is 0.493 e. The van der Waals surface area contributed by atoms with Gasteiger partial charge in [-0.15, -0.1) is 0 Å². The maximum Gasteiger partial charge on any atom is 0.161 e. The normalized spacial score (nSPS) is 10.8. The molecule has 0 aliphatic heterocycles. The second-order valence-electron chi connectivity index (χ2n) is 5.70. The number of hydrogen-bond donors (Lipinski definition) is 1. The van der Waals surface area contributed by atoms with Crippen LogP contribution in [0.15, 0.2) is 42.7 Å². The van der Waals surface area contributed by atoms with Crippen LogP contribution in [0.2, 0.25) is 0 Å². The smallest absolute Gasteiger partial charge is 0.161 e. The molecule has 1 aromatic carbocycles. The van der Waals surface area contributed by atoms with Crippen molar-refractivity contribution < 1.29 is 9.47 Å². The van der Waals surface area contributed by atoms with Crippen LogP contribution in [-0.4, -0.2) is 43.7 Å². The van der Waals surface area contributed by atoms with Gasteiger partial charge in [-0.25, -0.2) is 0 Å². The number of aromatic nitrogens is 1. The summed E-state index contributed by atoms with van der Waals surface area (Å²) in [6, 6.07) is 9.95. The lowest BCUT2D eigenvalue weighted by Crippen LogP contribution is -2.28. The first-order valence-corrected chi connectivity index (χ1v) is 8.30. The fraction of sp³-hybridized carbons (Fsp3) is 0.421. The molecule has 0 unspecified atom stereocenters. The predicted molar refractivity (Wildman–Crippen MR) is 96.4 cm³/mol. The molecule has 0 aliphatic carbocycles. The van der Waals surface area contributed by atoms with Gasteiger partial charge in [0, 0.05) is 32.0 Å². The average molecular weight is 329 g/mol. The molecule has 5 nitrogen and oxygen atoms in total. The van der Waals surface area contributed by atoms with Crippen LogP contribution in [0, 0.1) is 0 Å². The Morgan fingerprint density at radius 1 is 1.08 bits per heavy atom. The van der Waals surface area contributed by atoms with Gasteiger partial charge in [0.1, 0.15) is 6.61 Å². The van der Waals surface area contributed by atoms with Gasteiger partial charge < -0.3 is 19.7 Å². The van der Waals surface area contributed by atoms with E-state index >= 15 is 0 Å². The van der Waals surface area contributed by atoms with Crippen molar-refractivity contribution in [2.45, 2.75) is 20.1 Å². The van der Waals surface area contributed by atoms with E-state index in [9.17, 15) is 0 Å². The highest BCUT2D eigenvalue weighted by atomic mass is 16.5. The summed E-state index contributed by atoms with van der Waals surface area (Å²) < 4.78 is 11.3. The quantitative estimate of drug-likeness (QED) is 0.679. The molecule has 0 saturated heterocycles. The van der Waals surface area contributed by atoms with E-state index < -0.39 is 0 Å². The maximum absolute atomic E-state index is 5.86. The summed E-state index contributed by atoms with van der Waals surface area (Å²) in [7, 11) is 3.79. The first kappa shape index (κ1) is 18.2. The molecule has 24 heavy (non-hydrogen) atoms. The van der Waals surface area contributed by atoms with Crippen LogP contribution in [0.1, 0.15) is 18.1 Å². The summed E-state index contributed by atoms with van der Waals surface area (Å²) in [6.45, 7) is 6.56. The summed E-state index contributed by atoms with van der Waals surface area (Å²) in [6.07, 6.45) is 3.53. The molecule has 0 fully saturated rings. The topological polar surface area (TPSA) is 46.6 Å². The van der Waals surface area contributed by atoms with Crippen molar-refractivity contribution in [2.24, 2.45) is 0 Å². The number of pyridine rings is 1. The van der Waals surface area contributed by atoms with Gasteiger partial charge in [-0.05, 0) is 49.0 Å². The lowest BCUT2D eigenvalue weighted by molar-refractivity contribution is 0.284. The molecule has 1 aromatic heterocycles. The third-order valence-electron chi connectivity index (χ3n) is 3.91. The van der Waals surface area contributed by atoms with E-state index in [1.54, 1.807) is 19.5 Å². The molecule has 130 valence electrons. The molecular weight excluding hydrogens is 302 g/mol. The van der Waals surface area contributed by atoms with Crippen molar-refractivity contribution in [3.8, 4) is 11.5 Å². The minimum atomic E-state index is 0.500. The Bertz CT molecular complexity index is 605. The van der Waals surface area contributed by atoms with Crippen molar-refractivity contribution in [1.82, 2.24) is 15.2 Å². The highest BCUT2D eigenvalue weighted by Crippen LogP contribution is 2.28. The fourth-order valence-electron chi connectivity index (χ4n) is 2.24. The van der Waals surface area contributed by atoms with Crippen LogP contribution in [-0.2, 0) is 13.2 Å². The zero-order valence-electron chi connectivity index (χ0n) is 14.8. The number of ether oxygens (including phenoxy) is 2. The molecule has 0 amide bonds. The molecule has 0 spiro atoms. The predicted octanol–water partition coefficient (Wildman–Crippen LogP) is 2.71. The van der Waals surface area contributed by atoms with Crippen molar-refractivity contribution in [3.63, 3.8) is 0 Å². The van der Waals surface area contributed by atoms with Crippen LogP contribution in [0.5, 0.6) is 11.5 Å². The summed E-state index contributed by atoms with van der Waals surface area (Å²) in [5.41, 5.74) is 2.26. The van der Waals surface area contributed by atoms with Gasteiger partial charge in [-0.3, -0.25) is 4.98 Å². The third kappa shape index (κ3) is 5.83. The number of nitrogens with one attached hydrogen (secondary N) is 1. The van der Waals surface area contributed by atoms with Crippen LogP contribution >= 0.6 is 0 Å². The van der Waals surface area contributed by atoms with E-state index in [0.717, 1.165) is 43.2 Å². The molecule has 0 atom stereocenters. The van der Waals surface area contributed by atoms with Crippen LogP contribution in [0.25, 0.3) is 0 Å². The monoisotopic (exact) mass is 329 g/mol. The van der Waals surface area contributed by atoms with E-state index in [2.05, 4.69) is 35.2 Å². The van der Waals surface area contributed by atoms with E-state index in [1.807, 2.05) is 24.3 Å². The highest BCUT2D eigenvalue weighted by Gasteiger charge is 2.06. The number of methoxy groups -OCH3 is 1. The number of nitrogens with zero attached hydrogens (tertiary/aromatic N) is 2. The fourth-order valence-corrected chi connectivity index (χ4v) is 2.24. The van der Waals surface area contributed by atoms with Gasteiger partial charge in [-0.2, -0.15) is 0 Å². The van der Waals surface area contributed by atoms with Gasteiger partial charge in [0.2, 0.25) is 0 Å². The Hall–Kier alpha value is -2.11. The first-order valence-electron chi connectivity index (χ1n) is 8.30. The van der Waals surface area contributed by atoms with Gasteiger partial charge in [0.05, 0.1) is 7.11 Å². The van der Waals surface area contributed by atoms with Crippen molar-refractivity contribution in [3.05, 3.63) is 53.9 Å².